The highest BCUT2D eigenvalue weighted by Crippen LogP contribution is 2.47. The van der Waals surface area contributed by atoms with Gasteiger partial charge in [0.1, 0.15) is 34.3 Å². The smallest absolute Gasteiger partial charge is 0.319 e. The molecule has 1 saturated carbocycles. The Labute approximate surface area is 285 Å². The second kappa shape index (κ2) is 12.7. The summed E-state index contributed by atoms with van der Waals surface area (Å²) in [5, 5.41) is 15.9. The highest BCUT2D eigenvalue weighted by Gasteiger charge is 2.45. The number of morpholine rings is 1. The largest absolute Gasteiger partial charge is 0.508 e. The molecular formula is C38H42F2N6O3. The van der Waals surface area contributed by atoms with Crippen LogP contribution in [0.3, 0.4) is 0 Å². The number of halogens is 2. The standard InChI is InChI=1S/C38H42F2N6O3/c1-4-6-30-32-35(33(40)34(42-30)28-16-26(47)15-23-7-10-29(39)27(5-2)31(23)28)43-37(44-36(32)46-18-24-8-9-25(19-46)41-24)49-21-38(11-12-38)20-45-13-14-48-22(3)17-45/h7,10,15-16,22,24-25,41,47H,5,8-9,11-14,17-21H2,1-3H3/t22-,24-,25+/m1/s1. The fourth-order valence-electron chi connectivity index (χ4n) is 8.07. The molecule has 3 saturated heterocycles. The van der Waals surface area contributed by atoms with Crippen LogP contribution >= 0.6 is 0 Å². The first-order chi connectivity index (χ1) is 23.7. The van der Waals surface area contributed by atoms with E-state index in [1.807, 2.05) is 6.92 Å². The van der Waals surface area contributed by atoms with Crippen molar-refractivity contribution in [2.45, 2.75) is 71.1 Å². The third-order valence-corrected chi connectivity index (χ3v) is 10.6. The van der Waals surface area contributed by atoms with E-state index in [-0.39, 0.29) is 40.1 Å². The van der Waals surface area contributed by atoms with Crippen LogP contribution in [0.4, 0.5) is 14.6 Å². The Morgan fingerprint density at radius 2 is 1.88 bits per heavy atom. The van der Waals surface area contributed by atoms with Gasteiger partial charge in [0.25, 0.3) is 0 Å². The van der Waals surface area contributed by atoms with Crippen LogP contribution in [0.2, 0.25) is 0 Å². The summed E-state index contributed by atoms with van der Waals surface area (Å²) in [7, 11) is 0. The molecular weight excluding hydrogens is 626 g/mol. The van der Waals surface area contributed by atoms with E-state index in [9.17, 15) is 5.11 Å². The van der Waals surface area contributed by atoms with E-state index in [1.54, 1.807) is 19.1 Å². The Hall–Kier alpha value is -4.11. The molecule has 11 heteroatoms. The predicted molar refractivity (Wildman–Crippen MR) is 185 cm³/mol. The zero-order valence-electron chi connectivity index (χ0n) is 28.3. The Balaban J connectivity index is 1.27. The summed E-state index contributed by atoms with van der Waals surface area (Å²) in [6.07, 6.45) is 4.79. The lowest BCUT2D eigenvalue weighted by molar-refractivity contribution is -0.0273. The van der Waals surface area contributed by atoms with Crippen molar-refractivity contribution in [3.05, 3.63) is 47.2 Å². The number of hydrogen-bond acceptors (Lipinski definition) is 9. The molecule has 3 atom stereocenters. The Kier molecular flexibility index (Phi) is 8.29. The number of phenols is 1. The summed E-state index contributed by atoms with van der Waals surface area (Å²) in [4.78, 5) is 19.1. The van der Waals surface area contributed by atoms with Crippen molar-refractivity contribution in [3.8, 4) is 34.9 Å². The third-order valence-electron chi connectivity index (χ3n) is 10.6. The highest BCUT2D eigenvalue weighted by molar-refractivity contribution is 6.03. The van der Waals surface area contributed by atoms with Gasteiger partial charge >= 0.3 is 6.01 Å². The molecule has 2 N–H and O–H groups in total. The van der Waals surface area contributed by atoms with Gasteiger partial charge in [-0.25, -0.2) is 13.8 Å². The quantitative estimate of drug-likeness (QED) is 0.233. The van der Waals surface area contributed by atoms with E-state index in [4.69, 9.17) is 24.4 Å². The van der Waals surface area contributed by atoms with Crippen molar-refractivity contribution >= 4 is 27.5 Å². The number of hydrogen-bond donors (Lipinski definition) is 2. The number of rotatable bonds is 8. The molecule has 4 aliphatic rings. The highest BCUT2D eigenvalue weighted by atomic mass is 19.1. The van der Waals surface area contributed by atoms with Crippen LogP contribution in [-0.4, -0.2) is 89.1 Å². The molecule has 256 valence electrons. The van der Waals surface area contributed by atoms with Crippen LogP contribution in [-0.2, 0) is 11.2 Å². The van der Waals surface area contributed by atoms with Gasteiger partial charge in [-0.05, 0) is 86.4 Å². The van der Waals surface area contributed by atoms with Gasteiger partial charge in [-0.2, -0.15) is 9.97 Å². The molecule has 5 heterocycles. The van der Waals surface area contributed by atoms with Crippen LogP contribution < -0.4 is 15.0 Å². The molecule has 9 nitrogen and oxygen atoms in total. The summed E-state index contributed by atoms with van der Waals surface area (Å²) < 4.78 is 44.5. The lowest BCUT2D eigenvalue weighted by Gasteiger charge is -2.34. The van der Waals surface area contributed by atoms with E-state index in [1.165, 1.54) is 12.1 Å². The number of nitrogens with one attached hydrogen (secondary N) is 1. The number of nitrogens with zero attached hydrogens (tertiary/aromatic N) is 5. The second-order valence-electron chi connectivity index (χ2n) is 14.3. The maximum absolute atomic E-state index is 17.2. The average Bonchev–Trinajstić information content (AvgIpc) is 3.77. The van der Waals surface area contributed by atoms with Crippen LogP contribution in [0, 0.1) is 28.9 Å². The molecule has 2 bridgehead atoms. The van der Waals surface area contributed by atoms with Gasteiger partial charge in [-0.3, -0.25) is 4.90 Å². The van der Waals surface area contributed by atoms with E-state index >= 15 is 8.78 Å². The molecule has 2 aromatic heterocycles. The molecule has 0 unspecified atom stereocenters. The Bertz CT molecular complexity index is 2000. The SMILES string of the molecule is CC#Cc1nc(-c2cc(O)cc3ccc(F)c(CC)c23)c(F)c2nc(OCC3(CN4CCO[C@H](C)C4)CC3)nc(N3C[C@H]4CC[C@@H](C3)N4)c12. The summed E-state index contributed by atoms with van der Waals surface area (Å²) in [5.74, 6) is 5.44. The number of benzene rings is 2. The molecule has 3 aliphatic heterocycles. The van der Waals surface area contributed by atoms with Crippen molar-refractivity contribution in [2.24, 2.45) is 5.41 Å². The second-order valence-corrected chi connectivity index (χ2v) is 14.3. The van der Waals surface area contributed by atoms with Crippen molar-refractivity contribution in [1.82, 2.24) is 25.2 Å². The predicted octanol–water partition coefficient (Wildman–Crippen LogP) is 5.58. The van der Waals surface area contributed by atoms with Gasteiger partial charge in [0.05, 0.1) is 24.7 Å². The zero-order valence-corrected chi connectivity index (χ0v) is 28.3. The van der Waals surface area contributed by atoms with E-state index in [0.29, 0.717) is 71.4 Å². The number of aromatic hydroxyl groups is 1. The van der Waals surface area contributed by atoms with Gasteiger partial charge in [0.15, 0.2) is 5.82 Å². The lowest BCUT2D eigenvalue weighted by Crippen LogP contribution is -2.51. The minimum absolute atomic E-state index is 0.00834. The number of pyridine rings is 1. The number of aryl methyl sites for hydroxylation is 1. The van der Waals surface area contributed by atoms with Crippen LogP contribution in [0.15, 0.2) is 24.3 Å². The first kappa shape index (κ1) is 32.1. The van der Waals surface area contributed by atoms with Crippen LogP contribution in [0.1, 0.15) is 57.7 Å². The topological polar surface area (TPSA) is 95.9 Å². The van der Waals surface area contributed by atoms with Crippen molar-refractivity contribution in [2.75, 3.05) is 50.8 Å². The molecule has 1 aliphatic carbocycles. The maximum Gasteiger partial charge on any atom is 0.319 e. The van der Waals surface area contributed by atoms with Crippen LogP contribution in [0.5, 0.6) is 11.8 Å². The van der Waals surface area contributed by atoms with E-state index in [2.05, 4.69) is 33.9 Å². The summed E-state index contributed by atoms with van der Waals surface area (Å²) in [5.41, 5.74) is 1.02. The van der Waals surface area contributed by atoms with Gasteiger partial charge in [-0.15, -0.1) is 0 Å². The van der Waals surface area contributed by atoms with Crippen LogP contribution in [0.25, 0.3) is 32.9 Å². The average molecular weight is 669 g/mol. The lowest BCUT2D eigenvalue weighted by atomic mass is 9.94. The first-order valence-corrected chi connectivity index (χ1v) is 17.5. The molecule has 49 heavy (non-hydrogen) atoms. The Morgan fingerprint density at radius 1 is 1.08 bits per heavy atom. The molecule has 4 aromatic rings. The number of aromatic nitrogens is 3. The molecule has 4 fully saturated rings. The Morgan fingerprint density at radius 3 is 2.59 bits per heavy atom. The molecule has 0 radical (unpaired) electrons. The van der Waals surface area contributed by atoms with Crippen molar-refractivity contribution < 1.29 is 23.4 Å². The van der Waals surface area contributed by atoms with Gasteiger partial charge in [0.2, 0.25) is 0 Å². The zero-order chi connectivity index (χ0) is 33.9. The first-order valence-electron chi connectivity index (χ1n) is 17.5. The number of anilines is 1. The number of ether oxygens (including phenoxy) is 2. The maximum atomic E-state index is 17.2. The van der Waals surface area contributed by atoms with Gasteiger partial charge in [-0.1, -0.05) is 18.9 Å². The minimum atomic E-state index is -0.690. The minimum Gasteiger partial charge on any atom is -0.508 e. The van der Waals surface area contributed by atoms with Gasteiger partial charge < -0.3 is 24.8 Å². The van der Waals surface area contributed by atoms with E-state index < -0.39 is 11.6 Å². The number of piperazine rings is 1. The fourth-order valence-corrected chi connectivity index (χ4v) is 8.07. The van der Waals surface area contributed by atoms with Crippen molar-refractivity contribution in [3.63, 3.8) is 0 Å². The molecule has 0 spiro atoms. The number of phenolic OH excluding ortho intramolecular Hbond substituents is 1. The van der Waals surface area contributed by atoms with E-state index in [0.717, 1.165) is 51.9 Å². The van der Waals surface area contributed by atoms with Crippen molar-refractivity contribution in [1.29, 1.82) is 0 Å². The molecule has 0 amide bonds. The fraction of sp³-hybridized carbons (Fsp3) is 0.500. The summed E-state index contributed by atoms with van der Waals surface area (Å²) >= 11 is 0. The normalized spacial score (nSPS) is 23.1. The molecule has 8 rings (SSSR count). The summed E-state index contributed by atoms with van der Waals surface area (Å²) in [6, 6.07) is 6.68. The third kappa shape index (κ3) is 6.04. The number of fused-ring (bicyclic) bond motifs is 4. The monoisotopic (exact) mass is 668 g/mol. The summed E-state index contributed by atoms with van der Waals surface area (Å²) in [6.45, 7) is 10.9. The van der Waals surface area contributed by atoms with Gasteiger partial charge in [0, 0.05) is 55.8 Å². The molecule has 2 aromatic carbocycles.